The minimum Gasteiger partial charge on any atom is -0.398 e. The van der Waals surface area contributed by atoms with Gasteiger partial charge >= 0.3 is 0 Å². The number of aromatic nitrogens is 3. The number of aromatic amines is 1. The molecule has 3 N–H and O–H groups in total. The van der Waals surface area contributed by atoms with Crippen LogP contribution in [0.1, 0.15) is 5.56 Å². The van der Waals surface area contributed by atoms with Crippen molar-refractivity contribution in [1.82, 2.24) is 14.5 Å². The van der Waals surface area contributed by atoms with Crippen molar-refractivity contribution < 1.29 is 4.39 Å². The van der Waals surface area contributed by atoms with Crippen LogP contribution in [0, 0.1) is 17.1 Å². The number of fused-ring (bicyclic) bond motifs is 4. The molecule has 2 heterocycles. The Kier molecular flexibility index (Phi) is 3.80. The molecule has 0 fully saturated rings. The molecule has 32 heavy (non-hydrogen) atoms. The molecule has 0 atom stereocenters. The molecule has 0 aliphatic carbocycles. The molecule has 0 aliphatic rings. The topological polar surface area (TPSA) is 83.4 Å². The van der Waals surface area contributed by atoms with E-state index in [9.17, 15) is 9.65 Å². The number of imidazole rings is 1. The maximum atomic E-state index is 13.7. The number of nitrogen functional groups attached to an aromatic ring is 1. The Hall–Kier alpha value is -4.63. The number of nitrogens with two attached hydrogens (primary N) is 1. The van der Waals surface area contributed by atoms with E-state index in [1.165, 1.54) is 12.1 Å². The summed E-state index contributed by atoms with van der Waals surface area (Å²) >= 11 is 0. The summed E-state index contributed by atoms with van der Waals surface area (Å²) in [7, 11) is 0. The third-order valence-electron chi connectivity index (χ3n) is 5.81. The van der Waals surface area contributed by atoms with E-state index < -0.39 is 0 Å². The zero-order valence-electron chi connectivity index (χ0n) is 16.8. The molecule has 6 aromatic rings. The number of para-hydroxylation sites is 1. The SMILES string of the molecule is N#Cc1ccc(-n2c3ccccc3c3c(-c4nc5ccc(F)cc5[nH]4)cccc32)cc1N. The van der Waals surface area contributed by atoms with Gasteiger partial charge in [0.2, 0.25) is 0 Å². The molecule has 0 unspecified atom stereocenters. The maximum absolute atomic E-state index is 13.7. The van der Waals surface area contributed by atoms with Crippen LogP contribution < -0.4 is 5.73 Å². The first-order valence-corrected chi connectivity index (χ1v) is 10.1. The van der Waals surface area contributed by atoms with E-state index in [0.29, 0.717) is 28.1 Å². The Bertz CT molecular complexity index is 1720. The van der Waals surface area contributed by atoms with Crippen LogP contribution in [0.4, 0.5) is 10.1 Å². The molecule has 0 saturated heterocycles. The number of halogens is 1. The van der Waals surface area contributed by atoms with Crippen molar-refractivity contribution in [1.29, 1.82) is 5.26 Å². The van der Waals surface area contributed by atoms with Gasteiger partial charge in [0.1, 0.15) is 17.7 Å². The smallest absolute Gasteiger partial charge is 0.139 e. The molecule has 0 aliphatic heterocycles. The number of rotatable bonds is 2. The Balaban J connectivity index is 1.69. The summed E-state index contributed by atoms with van der Waals surface area (Å²) in [5.74, 6) is 0.374. The van der Waals surface area contributed by atoms with Crippen LogP contribution in [0.5, 0.6) is 0 Å². The number of H-pyrrole nitrogens is 1. The molecule has 0 saturated carbocycles. The van der Waals surface area contributed by atoms with Gasteiger partial charge in [-0.3, -0.25) is 0 Å². The van der Waals surface area contributed by atoms with E-state index in [4.69, 9.17) is 10.7 Å². The number of anilines is 1. The zero-order valence-corrected chi connectivity index (χ0v) is 16.8. The van der Waals surface area contributed by atoms with Crippen LogP contribution in [-0.4, -0.2) is 14.5 Å². The predicted molar refractivity (Wildman–Crippen MR) is 125 cm³/mol. The summed E-state index contributed by atoms with van der Waals surface area (Å²) in [4.78, 5) is 7.98. The molecule has 0 radical (unpaired) electrons. The Morgan fingerprint density at radius 3 is 2.62 bits per heavy atom. The van der Waals surface area contributed by atoms with E-state index in [-0.39, 0.29) is 5.82 Å². The van der Waals surface area contributed by atoms with Gasteiger partial charge in [0.05, 0.1) is 33.3 Å². The van der Waals surface area contributed by atoms with Crippen LogP contribution in [0.2, 0.25) is 0 Å². The quantitative estimate of drug-likeness (QED) is 0.343. The molecule has 0 bridgehead atoms. The van der Waals surface area contributed by atoms with Gasteiger partial charge in [0.15, 0.2) is 0 Å². The Morgan fingerprint density at radius 2 is 1.78 bits per heavy atom. The highest BCUT2D eigenvalue weighted by molar-refractivity contribution is 6.15. The fourth-order valence-electron chi connectivity index (χ4n) is 4.40. The number of nitriles is 1. The lowest BCUT2D eigenvalue weighted by molar-refractivity contribution is 0.629. The lowest BCUT2D eigenvalue weighted by Gasteiger charge is -2.09. The standard InChI is InChI=1S/C26H16FN5/c27-16-9-11-21-22(12-16)31-26(30-21)19-5-3-7-24-25(19)18-4-1-2-6-23(18)32(24)17-10-8-15(14-28)20(29)13-17/h1-13H,29H2,(H,30,31). The van der Waals surface area contributed by atoms with Crippen molar-refractivity contribution >= 4 is 38.5 Å². The van der Waals surface area contributed by atoms with E-state index in [0.717, 1.165) is 33.1 Å². The van der Waals surface area contributed by atoms with Crippen molar-refractivity contribution in [3.05, 3.63) is 90.2 Å². The minimum atomic E-state index is -0.305. The monoisotopic (exact) mass is 417 g/mol. The first kappa shape index (κ1) is 18.2. The van der Waals surface area contributed by atoms with Gasteiger partial charge in [-0.1, -0.05) is 30.3 Å². The fraction of sp³-hybridized carbons (Fsp3) is 0. The Morgan fingerprint density at radius 1 is 0.938 bits per heavy atom. The highest BCUT2D eigenvalue weighted by Crippen LogP contribution is 2.38. The average molecular weight is 417 g/mol. The van der Waals surface area contributed by atoms with Gasteiger partial charge in [-0.05, 0) is 48.5 Å². The largest absolute Gasteiger partial charge is 0.398 e. The van der Waals surface area contributed by atoms with Gasteiger partial charge in [-0.25, -0.2) is 9.37 Å². The summed E-state index contributed by atoms with van der Waals surface area (Å²) in [5.41, 5.74) is 12.2. The van der Waals surface area contributed by atoms with E-state index in [1.54, 1.807) is 12.1 Å². The molecule has 4 aromatic carbocycles. The highest BCUT2D eigenvalue weighted by atomic mass is 19.1. The van der Waals surface area contributed by atoms with Crippen molar-refractivity contribution in [2.24, 2.45) is 0 Å². The molecule has 152 valence electrons. The maximum Gasteiger partial charge on any atom is 0.139 e. The van der Waals surface area contributed by atoms with Crippen LogP contribution in [0.25, 0.3) is 49.9 Å². The van der Waals surface area contributed by atoms with Crippen molar-refractivity contribution in [3.63, 3.8) is 0 Å². The summed E-state index contributed by atoms with van der Waals surface area (Å²) in [6.45, 7) is 0. The van der Waals surface area contributed by atoms with Crippen LogP contribution in [-0.2, 0) is 0 Å². The predicted octanol–water partition coefficient (Wildman–Crippen LogP) is 5.92. The van der Waals surface area contributed by atoms with Crippen molar-refractivity contribution in [3.8, 4) is 23.1 Å². The van der Waals surface area contributed by atoms with E-state index in [2.05, 4.69) is 33.8 Å². The van der Waals surface area contributed by atoms with Gasteiger partial charge in [0.25, 0.3) is 0 Å². The van der Waals surface area contributed by atoms with Gasteiger partial charge in [0, 0.05) is 22.0 Å². The second-order valence-electron chi connectivity index (χ2n) is 7.68. The number of nitrogens with one attached hydrogen (secondary N) is 1. The van der Waals surface area contributed by atoms with E-state index >= 15 is 0 Å². The van der Waals surface area contributed by atoms with Crippen LogP contribution >= 0.6 is 0 Å². The summed E-state index contributed by atoms with van der Waals surface area (Å²) < 4.78 is 15.8. The molecule has 0 amide bonds. The fourth-order valence-corrected chi connectivity index (χ4v) is 4.40. The second-order valence-corrected chi connectivity index (χ2v) is 7.68. The average Bonchev–Trinajstić information content (AvgIpc) is 3.37. The highest BCUT2D eigenvalue weighted by Gasteiger charge is 2.18. The Labute approximate surface area is 182 Å². The summed E-state index contributed by atoms with van der Waals surface area (Å²) in [6.07, 6.45) is 0. The first-order chi connectivity index (χ1) is 15.6. The summed E-state index contributed by atoms with van der Waals surface area (Å²) in [5, 5.41) is 11.3. The molecule has 6 rings (SSSR count). The zero-order chi connectivity index (χ0) is 21.8. The number of hydrogen-bond donors (Lipinski definition) is 2. The number of benzene rings is 4. The molecule has 2 aromatic heterocycles. The van der Waals surface area contributed by atoms with Crippen molar-refractivity contribution in [2.45, 2.75) is 0 Å². The normalized spacial score (nSPS) is 11.4. The minimum absolute atomic E-state index is 0.305. The summed E-state index contributed by atoms with van der Waals surface area (Å²) in [6, 6.07) is 26.3. The molecule has 0 spiro atoms. The molecular formula is C26H16FN5. The molecule has 6 heteroatoms. The van der Waals surface area contributed by atoms with Crippen molar-refractivity contribution in [2.75, 3.05) is 5.73 Å². The molecule has 5 nitrogen and oxygen atoms in total. The first-order valence-electron chi connectivity index (χ1n) is 10.1. The van der Waals surface area contributed by atoms with E-state index in [1.807, 2.05) is 36.4 Å². The number of hydrogen-bond acceptors (Lipinski definition) is 3. The third kappa shape index (κ3) is 2.58. The van der Waals surface area contributed by atoms with Gasteiger partial charge in [-0.15, -0.1) is 0 Å². The lowest BCUT2D eigenvalue weighted by Crippen LogP contribution is -1.97. The lowest BCUT2D eigenvalue weighted by atomic mass is 10.1. The van der Waals surface area contributed by atoms with Crippen LogP contribution in [0.15, 0.2) is 78.9 Å². The molecular weight excluding hydrogens is 401 g/mol. The van der Waals surface area contributed by atoms with Gasteiger partial charge < -0.3 is 15.3 Å². The third-order valence-corrected chi connectivity index (χ3v) is 5.81. The van der Waals surface area contributed by atoms with Gasteiger partial charge in [-0.2, -0.15) is 5.26 Å². The van der Waals surface area contributed by atoms with Crippen LogP contribution in [0.3, 0.4) is 0 Å². The number of nitrogens with zero attached hydrogens (tertiary/aromatic N) is 3. The second kappa shape index (κ2) is 6.69.